The van der Waals surface area contributed by atoms with Crippen molar-refractivity contribution in [2.45, 2.75) is 24.9 Å². The van der Waals surface area contributed by atoms with Gasteiger partial charge in [-0.25, -0.2) is 0 Å². The molecule has 23 heavy (non-hydrogen) atoms. The molecule has 6 heteroatoms. The Balaban J connectivity index is 1.75. The van der Waals surface area contributed by atoms with E-state index in [0.29, 0.717) is 18.5 Å². The van der Waals surface area contributed by atoms with Gasteiger partial charge < -0.3 is 15.4 Å². The molecule has 1 saturated carbocycles. The molecule has 2 fully saturated rings. The van der Waals surface area contributed by atoms with Crippen molar-refractivity contribution >= 4 is 17.6 Å². The molecule has 2 aliphatic rings. The summed E-state index contributed by atoms with van der Waals surface area (Å²) < 4.78 is 5.48. The minimum Gasteiger partial charge on any atom is -0.379 e. The summed E-state index contributed by atoms with van der Waals surface area (Å²) >= 11 is 6.18. The van der Waals surface area contributed by atoms with Crippen LogP contribution in [0, 0.1) is 0 Å². The van der Waals surface area contributed by atoms with Crippen LogP contribution in [0.3, 0.4) is 0 Å². The van der Waals surface area contributed by atoms with Crippen molar-refractivity contribution in [3.63, 3.8) is 0 Å². The van der Waals surface area contributed by atoms with Crippen molar-refractivity contribution in [1.29, 1.82) is 0 Å². The fraction of sp³-hybridized carbons (Fsp3) is 0.588. The fourth-order valence-electron chi connectivity index (χ4n) is 2.98. The molecular weight excluding hydrogens is 312 g/mol. The minimum absolute atomic E-state index is 0.184. The third-order valence-corrected chi connectivity index (χ3v) is 4.84. The van der Waals surface area contributed by atoms with E-state index in [0.717, 1.165) is 31.3 Å². The van der Waals surface area contributed by atoms with E-state index in [1.54, 1.807) is 0 Å². The SMILES string of the molecule is CN(C(N)=NC[C@H](c1cccc(Cl)c1)N1CCOCC1)C1CC1. The van der Waals surface area contributed by atoms with Gasteiger partial charge in [-0.05, 0) is 30.5 Å². The normalized spacial score (nSPS) is 21.2. The highest BCUT2D eigenvalue weighted by Gasteiger charge is 2.28. The van der Waals surface area contributed by atoms with E-state index in [-0.39, 0.29) is 6.04 Å². The Bertz CT molecular complexity index is 555. The van der Waals surface area contributed by atoms with Crippen LogP contribution in [-0.2, 0) is 4.74 Å². The van der Waals surface area contributed by atoms with Crippen LogP contribution in [0.15, 0.2) is 29.3 Å². The largest absolute Gasteiger partial charge is 0.379 e. The molecule has 1 aliphatic carbocycles. The summed E-state index contributed by atoms with van der Waals surface area (Å²) in [5, 5.41) is 0.757. The highest BCUT2D eigenvalue weighted by molar-refractivity contribution is 6.30. The molecule has 1 aliphatic heterocycles. The van der Waals surface area contributed by atoms with Crippen molar-refractivity contribution < 1.29 is 4.74 Å². The molecule has 0 bridgehead atoms. The highest BCUT2D eigenvalue weighted by atomic mass is 35.5. The molecule has 2 N–H and O–H groups in total. The topological polar surface area (TPSA) is 54.1 Å². The molecule has 1 aromatic carbocycles. The van der Waals surface area contributed by atoms with E-state index in [2.05, 4.69) is 20.9 Å². The van der Waals surface area contributed by atoms with Gasteiger partial charge in [0, 0.05) is 31.2 Å². The van der Waals surface area contributed by atoms with E-state index >= 15 is 0 Å². The number of nitrogens with two attached hydrogens (primary N) is 1. The van der Waals surface area contributed by atoms with E-state index in [1.165, 1.54) is 18.4 Å². The summed E-state index contributed by atoms with van der Waals surface area (Å²) in [5.41, 5.74) is 7.34. The second kappa shape index (κ2) is 7.51. The lowest BCUT2D eigenvalue weighted by atomic mass is 10.0. The number of hydrogen-bond donors (Lipinski definition) is 1. The van der Waals surface area contributed by atoms with Gasteiger partial charge in [-0.15, -0.1) is 0 Å². The Morgan fingerprint density at radius 2 is 2.17 bits per heavy atom. The van der Waals surface area contributed by atoms with Crippen molar-refractivity contribution in [3.8, 4) is 0 Å². The average molecular weight is 337 g/mol. The molecule has 0 unspecified atom stereocenters. The predicted octanol–water partition coefficient (Wildman–Crippen LogP) is 2.12. The van der Waals surface area contributed by atoms with Gasteiger partial charge in [0.25, 0.3) is 0 Å². The molecule has 1 aromatic rings. The van der Waals surface area contributed by atoms with Gasteiger partial charge >= 0.3 is 0 Å². The van der Waals surface area contributed by atoms with E-state index < -0.39 is 0 Å². The molecule has 0 aromatic heterocycles. The number of hydrogen-bond acceptors (Lipinski definition) is 3. The van der Waals surface area contributed by atoms with Crippen LogP contribution < -0.4 is 5.73 Å². The first-order chi connectivity index (χ1) is 11.1. The first-order valence-electron chi connectivity index (χ1n) is 8.25. The van der Waals surface area contributed by atoms with Crippen LogP contribution in [0.4, 0.5) is 0 Å². The number of benzene rings is 1. The fourth-order valence-corrected chi connectivity index (χ4v) is 3.17. The molecule has 0 amide bonds. The number of guanidine groups is 1. The van der Waals surface area contributed by atoms with Gasteiger partial charge in [0.2, 0.25) is 0 Å². The van der Waals surface area contributed by atoms with Gasteiger partial charge in [-0.3, -0.25) is 9.89 Å². The number of morpholine rings is 1. The summed E-state index contributed by atoms with van der Waals surface area (Å²) in [7, 11) is 2.03. The Kier molecular flexibility index (Phi) is 5.41. The molecule has 0 radical (unpaired) electrons. The third-order valence-electron chi connectivity index (χ3n) is 4.60. The van der Waals surface area contributed by atoms with E-state index in [9.17, 15) is 0 Å². The van der Waals surface area contributed by atoms with Crippen LogP contribution in [0.5, 0.6) is 0 Å². The number of nitrogens with zero attached hydrogens (tertiary/aromatic N) is 3. The smallest absolute Gasteiger partial charge is 0.191 e. The molecule has 3 rings (SSSR count). The maximum atomic E-state index is 6.18. The van der Waals surface area contributed by atoms with Gasteiger partial charge in [-0.1, -0.05) is 23.7 Å². The summed E-state index contributed by atoms with van der Waals surface area (Å²) in [5.74, 6) is 0.632. The number of rotatable bonds is 5. The quantitative estimate of drug-likeness (QED) is 0.661. The van der Waals surface area contributed by atoms with Crippen molar-refractivity contribution in [1.82, 2.24) is 9.80 Å². The first kappa shape index (κ1) is 16.6. The van der Waals surface area contributed by atoms with Crippen LogP contribution in [-0.4, -0.2) is 61.7 Å². The number of halogens is 1. The molecule has 1 saturated heterocycles. The zero-order valence-electron chi connectivity index (χ0n) is 13.6. The maximum absolute atomic E-state index is 6.18. The summed E-state index contributed by atoms with van der Waals surface area (Å²) in [6.45, 7) is 3.98. The summed E-state index contributed by atoms with van der Waals surface area (Å²) in [6, 6.07) is 8.80. The van der Waals surface area contributed by atoms with Crippen LogP contribution in [0.2, 0.25) is 5.02 Å². The first-order valence-corrected chi connectivity index (χ1v) is 8.63. The van der Waals surface area contributed by atoms with Crippen LogP contribution in [0.25, 0.3) is 0 Å². The third kappa shape index (κ3) is 4.37. The lowest BCUT2D eigenvalue weighted by Gasteiger charge is -2.34. The standard InChI is InChI=1S/C17H25ClN4O/c1-21(15-5-6-15)17(19)20-12-16(22-7-9-23-10-8-22)13-3-2-4-14(18)11-13/h2-4,11,15-16H,5-10,12H2,1H3,(H2,19,20)/t16-/m1/s1. The zero-order chi connectivity index (χ0) is 16.2. The van der Waals surface area contributed by atoms with Crippen molar-refractivity contribution in [2.24, 2.45) is 10.7 Å². The van der Waals surface area contributed by atoms with Gasteiger partial charge in [0.05, 0.1) is 25.8 Å². The Morgan fingerprint density at radius 3 is 2.83 bits per heavy atom. The predicted molar refractivity (Wildman–Crippen MR) is 93.9 cm³/mol. The lowest BCUT2D eigenvalue weighted by Crippen LogP contribution is -2.41. The molecule has 5 nitrogen and oxygen atoms in total. The maximum Gasteiger partial charge on any atom is 0.191 e. The van der Waals surface area contributed by atoms with Crippen LogP contribution in [0.1, 0.15) is 24.4 Å². The van der Waals surface area contributed by atoms with Gasteiger partial charge in [0.1, 0.15) is 0 Å². The molecule has 1 atom stereocenters. The molecule has 1 heterocycles. The van der Waals surface area contributed by atoms with Gasteiger partial charge in [-0.2, -0.15) is 0 Å². The highest BCUT2D eigenvalue weighted by Crippen LogP contribution is 2.26. The van der Waals surface area contributed by atoms with E-state index in [1.807, 2.05) is 25.2 Å². The van der Waals surface area contributed by atoms with E-state index in [4.69, 9.17) is 22.1 Å². The Labute approximate surface area is 143 Å². The average Bonchev–Trinajstić information content (AvgIpc) is 3.40. The lowest BCUT2D eigenvalue weighted by molar-refractivity contribution is 0.0179. The number of ether oxygens (including phenoxy) is 1. The number of aliphatic imine (C=N–C) groups is 1. The van der Waals surface area contributed by atoms with Crippen LogP contribution >= 0.6 is 11.6 Å². The minimum atomic E-state index is 0.184. The molecule has 126 valence electrons. The summed E-state index contributed by atoms with van der Waals surface area (Å²) in [6.07, 6.45) is 2.43. The van der Waals surface area contributed by atoms with Crippen molar-refractivity contribution in [2.75, 3.05) is 39.9 Å². The summed E-state index contributed by atoms with van der Waals surface area (Å²) in [4.78, 5) is 9.16. The Morgan fingerprint density at radius 1 is 1.43 bits per heavy atom. The zero-order valence-corrected chi connectivity index (χ0v) is 14.4. The second-order valence-corrected chi connectivity index (χ2v) is 6.70. The Hall–Kier alpha value is -1.30. The monoisotopic (exact) mass is 336 g/mol. The molecule has 0 spiro atoms. The van der Waals surface area contributed by atoms with Gasteiger partial charge in [0.15, 0.2) is 5.96 Å². The van der Waals surface area contributed by atoms with Crippen molar-refractivity contribution in [3.05, 3.63) is 34.9 Å². The second-order valence-electron chi connectivity index (χ2n) is 6.26. The molecular formula is C17H25ClN4O.